The monoisotopic (exact) mass is 247 g/mol. The summed E-state index contributed by atoms with van der Waals surface area (Å²) in [6, 6.07) is 5.46. The van der Waals surface area contributed by atoms with E-state index >= 15 is 0 Å². The van der Waals surface area contributed by atoms with E-state index in [1.807, 2.05) is 12.1 Å². The van der Waals surface area contributed by atoms with E-state index in [-0.39, 0.29) is 11.4 Å². The highest BCUT2D eigenvalue weighted by Crippen LogP contribution is 2.36. The summed E-state index contributed by atoms with van der Waals surface area (Å²) in [6.45, 7) is 2.20. The number of hydrogen-bond acceptors (Lipinski definition) is 3. The van der Waals surface area contributed by atoms with Gasteiger partial charge in [-0.15, -0.1) is 0 Å². The van der Waals surface area contributed by atoms with Crippen molar-refractivity contribution in [3.05, 3.63) is 23.8 Å². The summed E-state index contributed by atoms with van der Waals surface area (Å²) in [4.78, 5) is 13.4. The largest absolute Gasteiger partial charge is 0.397 e. The van der Waals surface area contributed by atoms with Crippen LogP contribution in [0.15, 0.2) is 18.2 Å². The van der Waals surface area contributed by atoms with Crippen LogP contribution in [0.25, 0.3) is 0 Å². The molecule has 0 spiro atoms. The molecule has 0 bridgehead atoms. The Kier molecular flexibility index (Phi) is 3.20. The SMILES string of the molecule is CN(C)C(=O)c1ccc(NC2(C)CCC2)c(N)c1. The van der Waals surface area contributed by atoms with Crippen molar-refractivity contribution in [3.8, 4) is 0 Å². The molecule has 18 heavy (non-hydrogen) atoms. The molecule has 3 N–H and O–H groups in total. The molecule has 1 aliphatic carbocycles. The average molecular weight is 247 g/mol. The Hall–Kier alpha value is -1.71. The first-order valence-electron chi connectivity index (χ1n) is 6.31. The van der Waals surface area contributed by atoms with E-state index in [2.05, 4.69) is 12.2 Å². The van der Waals surface area contributed by atoms with Crippen molar-refractivity contribution in [2.75, 3.05) is 25.1 Å². The fourth-order valence-corrected chi connectivity index (χ4v) is 2.23. The van der Waals surface area contributed by atoms with Crippen LogP contribution in [0.3, 0.4) is 0 Å². The van der Waals surface area contributed by atoms with Gasteiger partial charge in [-0.1, -0.05) is 0 Å². The standard InChI is InChI=1S/C14H21N3O/c1-14(7-4-8-14)16-12-6-5-10(9-11(12)15)13(18)17(2)3/h5-6,9,16H,4,7-8,15H2,1-3H3. The minimum atomic E-state index is -0.0249. The van der Waals surface area contributed by atoms with Gasteiger partial charge in [-0.2, -0.15) is 0 Å². The van der Waals surface area contributed by atoms with Gasteiger partial charge in [0, 0.05) is 25.2 Å². The zero-order valence-electron chi connectivity index (χ0n) is 11.3. The minimum Gasteiger partial charge on any atom is -0.397 e. The van der Waals surface area contributed by atoms with E-state index in [1.165, 1.54) is 19.3 Å². The van der Waals surface area contributed by atoms with Crippen molar-refractivity contribution in [1.82, 2.24) is 4.90 Å². The topological polar surface area (TPSA) is 58.4 Å². The van der Waals surface area contributed by atoms with Crippen molar-refractivity contribution >= 4 is 17.3 Å². The van der Waals surface area contributed by atoms with Gasteiger partial charge in [0.25, 0.3) is 5.91 Å². The Balaban J connectivity index is 2.17. The van der Waals surface area contributed by atoms with Gasteiger partial charge in [0.1, 0.15) is 0 Å². The molecule has 1 aromatic rings. The molecule has 1 aliphatic rings. The van der Waals surface area contributed by atoms with Crippen LogP contribution in [0.4, 0.5) is 11.4 Å². The summed E-state index contributed by atoms with van der Waals surface area (Å²) in [6.07, 6.45) is 3.61. The van der Waals surface area contributed by atoms with Crippen LogP contribution in [0.5, 0.6) is 0 Å². The Bertz CT molecular complexity index is 464. The molecule has 0 heterocycles. The van der Waals surface area contributed by atoms with Crippen molar-refractivity contribution < 1.29 is 4.79 Å². The Morgan fingerprint density at radius 1 is 1.39 bits per heavy atom. The van der Waals surface area contributed by atoms with Crippen molar-refractivity contribution in [2.24, 2.45) is 0 Å². The summed E-state index contributed by atoms with van der Waals surface area (Å²) >= 11 is 0. The molecule has 1 saturated carbocycles. The van der Waals surface area contributed by atoms with Gasteiger partial charge >= 0.3 is 0 Å². The van der Waals surface area contributed by atoms with Gasteiger partial charge < -0.3 is 16.0 Å². The van der Waals surface area contributed by atoms with E-state index in [4.69, 9.17) is 5.73 Å². The molecule has 0 aliphatic heterocycles. The lowest BCUT2D eigenvalue weighted by molar-refractivity contribution is 0.0827. The van der Waals surface area contributed by atoms with Gasteiger partial charge in [0.15, 0.2) is 0 Å². The first-order chi connectivity index (χ1) is 8.41. The van der Waals surface area contributed by atoms with E-state index < -0.39 is 0 Å². The Labute approximate surface area is 108 Å². The van der Waals surface area contributed by atoms with Crippen molar-refractivity contribution in [3.63, 3.8) is 0 Å². The lowest BCUT2D eigenvalue weighted by atomic mass is 9.78. The molecule has 1 aromatic carbocycles. The number of nitrogens with zero attached hydrogens (tertiary/aromatic N) is 1. The van der Waals surface area contributed by atoms with Crippen LogP contribution in [0.1, 0.15) is 36.5 Å². The number of nitrogen functional groups attached to an aromatic ring is 1. The predicted molar refractivity (Wildman–Crippen MR) is 74.8 cm³/mol. The fourth-order valence-electron chi connectivity index (χ4n) is 2.23. The van der Waals surface area contributed by atoms with Crippen molar-refractivity contribution in [2.45, 2.75) is 31.7 Å². The third kappa shape index (κ3) is 2.42. The van der Waals surface area contributed by atoms with Gasteiger partial charge in [-0.3, -0.25) is 4.79 Å². The molecule has 0 unspecified atom stereocenters. The van der Waals surface area contributed by atoms with Gasteiger partial charge in [-0.05, 0) is 44.4 Å². The van der Waals surface area contributed by atoms with E-state index in [0.29, 0.717) is 11.3 Å². The highest BCUT2D eigenvalue weighted by molar-refractivity contribution is 5.95. The number of amides is 1. The quantitative estimate of drug-likeness (QED) is 0.806. The molecule has 1 fully saturated rings. The molecule has 0 radical (unpaired) electrons. The maximum absolute atomic E-state index is 11.8. The second kappa shape index (κ2) is 4.52. The Morgan fingerprint density at radius 3 is 2.50 bits per heavy atom. The first-order valence-corrected chi connectivity index (χ1v) is 6.31. The lowest BCUT2D eigenvalue weighted by Crippen LogP contribution is -2.41. The molecule has 4 heteroatoms. The molecule has 98 valence electrons. The zero-order valence-corrected chi connectivity index (χ0v) is 11.3. The number of nitrogens with two attached hydrogens (primary N) is 1. The molecule has 1 amide bonds. The molecule has 0 atom stereocenters. The maximum atomic E-state index is 11.8. The van der Waals surface area contributed by atoms with Crippen LogP contribution in [-0.4, -0.2) is 30.4 Å². The minimum absolute atomic E-state index is 0.0249. The fraction of sp³-hybridized carbons (Fsp3) is 0.500. The number of nitrogens with one attached hydrogen (secondary N) is 1. The van der Waals surface area contributed by atoms with E-state index in [0.717, 1.165) is 5.69 Å². The molecular formula is C14H21N3O. The predicted octanol–water partition coefficient (Wildman–Crippen LogP) is 2.33. The highest BCUT2D eigenvalue weighted by Gasteiger charge is 2.31. The van der Waals surface area contributed by atoms with Crippen LogP contribution >= 0.6 is 0 Å². The van der Waals surface area contributed by atoms with Crippen LogP contribution in [0.2, 0.25) is 0 Å². The third-order valence-electron chi connectivity index (χ3n) is 3.60. The molecule has 2 rings (SSSR count). The molecule has 0 aromatic heterocycles. The summed E-state index contributed by atoms with van der Waals surface area (Å²) in [5, 5.41) is 3.47. The number of rotatable bonds is 3. The van der Waals surface area contributed by atoms with Crippen molar-refractivity contribution in [1.29, 1.82) is 0 Å². The van der Waals surface area contributed by atoms with Crippen LogP contribution in [-0.2, 0) is 0 Å². The molecular weight excluding hydrogens is 226 g/mol. The number of carbonyl (C=O) groups excluding carboxylic acids is 1. The zero-order chi connectivity index (χ0) is 13.3. The van der Waals surface area contributed by atoms with Gasteiger partial charge in [-0.25, -0.2) is 0 Å². The number of carbonyl (C=O) groups is 1. The van der Waals surface area contributed by atoms with Gasteiger partial charge in [0.2, 0.25) is 0 Å². The highest BCUT2D eigenvalue weighted by atomic mass is 16.2. The summed E-state index contributed by atoms with van der Waals surface area (Å²) < 4.78 is 0. The normalized spacial score (nSPS) is 16.8. The molecule has 4 nitrogen and oxygen atoms in total. The lowest BCUT2D eigenvalue weighted by Gasteiger charge is -2.40. The first kappa shape index (κ1) is 12.7. The number of hydrogen-bond donors (Lipinski definition) is 2. The summed E-state index contributed by atoms with van der Waals surface area (Å²) in [5.41, 5.74) is 8.37. The number of benzene rings is 1. The summed E-state index contributed by atoms with van der Waals surface area (Å²) in [7, 11) is 3.47. The van der Waals surface area contributed by atoms with E-state index in [1.54, 1.807) is 25.1 Å². The maximum Gasteiger partial charge on any atom is 0.253 e. The summed E-state index contributed by atoms with van der Waals surface area (Å²) in [5.74, 6) is -0.0249. The second-order valence-electron chi connectivity index (χ2n) is 5.54. The van der Waals surface area contributed by atoms with E-state index in [9.17, 15) is 4.79 Å². The van der Waals surface area contributed by atoms with Gasteiger partial charge in [0.05, 0.1) is 11.4 Å². The van der Waals surface area contributed by atoms with Crippen LogP contribution < -0.4 is 11.1 Å². The number of anilines is 2. The molecule has 0 saturated heterocycles. The van der Waals surface area contributed by atoms with Crippen LogP contribution in [0, 0.1) is 0 Å². The smallest absolute Gasteiger partial charge is 0.253 e. The Morgan fingerprint density at radius 2 is 2.06 bits per heavy atom. The second-order valence-corrected chi connectivity index (χ2v) is 5.54. The third-order valence-corrected chi connectivity index (χ3v) is 3.60. The average Bonchev–Trinajstić information content (AvgIpc) is 2.28.